The van der Waals surface area contributed by atoms with Crippen molar-refractivity contribution in [1.29, 1.82) is 5.26 Å². The van der Waals surface area contributed by atoms with Crippen LogP contribution in [0.1, 0.15) is 34.3 Å². The van der Waals surface area contributed by atoms with Crippen LogP contribution in [0.25, 0.3) is 10.9 Å². The molecule has 1 fully saturated rings. The highest BCUT2D eigenvalue weighted by atomic mass is 79.9. The van der Waals surface area contributed by atoms with Gasteiger partial charge in [-0.15, -0.1) is 0 Å². The Balaban J connectivity index is 1.62. The Labute approximate surface area is 210 Å². The highest BCUT2D eigenvalue weighted by Crippen LogP contribution is 2.43. The molecular formula is C23H22BrN5O5S. The Morgan fingerprint density at radius 3 is 2.60 bits per heavy atom. The number of rotatable bonds is 8. The van der Waals surface area contributed by atoms with Crippen LogP contribution in [0.4, 0.5) is 0 Å². The monoisotopic (exact) mass is 559 g/mol. The smallest absolute Gasteiger partial charge is 0.263 e. The number of aryl methyl sites for hydroxylation is 1. The van der Waals surface area contributed by atoms with Gasteiger partial charge in [-0.3, -0.25) is 9.59 Å². The first-order valence-corrected chi connectivity index (χ1v) is 12.9. The van der Waals surface area contributed by atoms with Crippen LogP contribution < -0.4 is 20.3 Å². The number of hydrogen-bond acceptors (Lipinski definition) is 7. The van der Waals surface area contributed by atoms with Crippen molar-refractivity contribution in [2.24, 2.45) is 7.05 Å². The maximum Gasteiger partial charge on any atom is 0.263 e. The third-order valence-electron chi connectivity index (χ3n) is 6.07. The number of aromatic nitrogens is 2. The number of nitrogens with one attached hydrogen (secondary N) is 2. The van der Waals surface area contributed by atoms with Gasteiger partial charge in [0, 0.05) is 29.6 Å². The number of amides is 1. The molecule has 35 heavy (non-hydrogen) atoms. The molecule has 0 saturated heterocycles. The highest BCUT2D eigenvalue weighted by molar-refractivity contribution is 9.10. The Morgan fingerprint density at radius 2 is 2.00 bits per heavy atom. The van der Waals surface area contributed by atoms with Gasteiger partial charge in [0.2, 0.25) is 15.9 Å². The second-order valence-electron chi connectivity index (χ2n) is 8.27. The summed E-state index contributed by atoms with van der Waals surface area (Å²) in [4.78, 5) is 30.2. The molecule has 0 aliphatic heterocycles. The predicted molar refractivity (Wildman–Crippen MR) is 132 cm³/mol. The molecule has 0 radical (unpaired) electrons. The van der Waals surface area contributed by atoms with Crippen LogP contribution in [0.15, 0.2) is 45.8 Å². The molecule has 1 aromatic carbocycles. The van der Waals surface area contributed by atoms with Crippen LogP contribution in [0, 0.1) is 11.3 Å². The fraction of sp³-hybridized carbons (Fsp3) is 0.304. The van der Waals surface area contributed by atoms with Gasteiger partial charge in [0.05, 0.1) is 11.6 Å². The minimum Gasteiger partial charge on any atom is -0.474 e. The van der Waals surface area contributed by atoms with Crippen molar-refractivity contribution in [1.82, 2.24) is 19.6 Å². The van der Waals surface area contributed by atoms with E-state index in [0.29, 0.717) is 33.8 Å². The van der Waals surface area contributed by atoms with Crippen molar-refractivity contribution in [2.45, 2.75) is 24.1 Å². The summed E-state index contributed by atoms with van der Waals surface area (Å²) in [6.45, 7) is 0.0700. The highest BCUT2D eigenvalue weighted by Gasteiger charge is 2.55. The minimum absolute atomic E-state index is 0.0667. The second kappa shape index (κ2) is 9.41. The molecule has 12 heteroatoms. The standard InChI is InChI=1S/C23H22BrN5O5S/c1-26-35(32,33)23(7-8-23)13-34-21-19-16(18(24)12-28-21)9-17(22(31)29(19)2)20(30)27-11-15-5-3-14(10-25)4-6-15/h3-6,9,12,26H,7-8,11,13H2,1-2H3,(H,27,30). The van der Waals surface area contributed by atoms with Crippen LogP contribution >= 0.6 is 15.9 Å². The normalized spacial score (nSPS) is 14.3. The molecule has 4 rings (SSSR count). The van der Waals surface area contributed by atoms with Crippen LogP contribution in [0.2, 0.25) is 0 Å². The van der Waals surface area contributed by atoms with Crippen LogP contribution in [0.3, 0.4) is 0 Å². The van der Waals surface area contributed by atoms with E-state index in [1.807, 2.05) is 6.07 Å². The summed E-state index contributed by atoms with van der Waals surface area (Å²) in [7, 11) is -0.675. The summed E-state index contributed by atoms with van der Waals surface area (Å²) < 4.78 is 33.6. The molecule has 2 aromatic heterocycles. The predicted octanol–water partition coefficient (Wildman–Crippen LogP) is 1.96. The van der Waals surface area contributed by atoms with E-state index < -0.39 is 26.2 Å². The zero-order valence-electron chi connectivity index (χ0n) is 19.0. The SMILES string of the molecule is CNS(=O)(=O)C1(COc2ncc(Br)c3cc(C(=O)NCc4ccc(C#N)cc4)c(=O)n(C)c23)CC1. The van der Waals surface area contributed by atoms with E-state index in [4.69, 9.17) is 10.00 Å². The maximum absolute atomic E-state index is 13.1. The average molecular weight is 560 g/mol. The molecule has 1 aliphatic rings. The first-order valence-electron chi connectivity index (χ1n) is 10.6. The van der Waals surface area contributed by atoms with Gasteiger partial charge in [0.25, 0.3) is 11.5 Å². The van der Waals surface area contributed by atoms with Crippen LogP contribution in [-0.2, 0) is 23.6 Å². The number of carbonyl (C=O) groups excluding carboxylic acids is 1. The fourth-order valence-electron chi connectivity index (χ4n) is 3.71. The molecule has 10 nitrogen and oxygen atoms in total. The minimum atomic E-state index is -3.54. The quantitative estimate of drug-likeness (QED) is 0.429. The van der Waals surface area contributed by atoms with Gasteiger partial charge in [0.1, 0.15) is 22.4 Å². The Hall–Kier alpha value is -3.27. The zero-order valence-corrected chi connectivity index (χ0v) is 21.4. The summed E-state index contributed by atoms with van der Waals surface area (Å²) in [5.41, 5.74) is 1.01. The summed E-state index contributed by atoms with van der Waals surface area (Å²) in [5.74, 6) is -0.454. The molecule has 1 amide bonds. The average Bonchev–Trinajstić information content (AvgIpc) is 3.66. The van der Waals surface area contributed by atoms with Crippen molar-refractivity contribution in [3.63, 3.8) is 0 Å². The summed E-state index contributed by atoms with van der Waals surface area (Å²) >= 11 is 3.41. The van der Waals surface area contributed by atoms with Crippen molar-refractivity contribution >= 4 is 42.8 Å². The van der Waals surface area contributed by atoms with E-state index in [0.717, 1.165) is 5.56 Å². The lowest BCUT2D eigenvalue weighted by molar-refractivity contribution is 0.0949. The number of nitriles is 1. The van der Waals surface area contributed by atoms with Crippen molar-refractivity contribution < 1.29 is 17.9 Å². The largest absolute Gasteiger partial charge is 0.474 e. The third-order valence-corrected chi connectivity index (χ3v) is 8.90. The van der Waals surface area contributed by atoms with E-state index in [-0.39, 0.29) is 24.6 Å². The Kier molecular flexibility index (Phi) is 6.68. The Morgan fingerprint density at radius 1 is 1.31 bits per heavy atom. The molecule has 1 aliphatic carbocycles. The number of nitrogens with zero attached hydrogens (tertiary/aromatic N) is 3. The molecule has 0 spiro atoms. The third kappa shape index (κ3) is 4.67. The number of halogens is 1. The first kappa shape index (κ1) is 24.8. The van der Waals surface area contributed by atoms with E-state index in [9.17, 15) is 18.0 Å². The molecule has 2 heterocycles. The number of sulfonamides is 1. The van der Waals surface area contributed by atoms with Gasteiger partial charge in [0.15, 0.2) is 0 Å². The van der Waals surface area contributed by atoms with Crippen molar-refractivity contribution in [3.8, 4) is 11.9 Å². The van der Waals surface area contributed by atoms with E-state index in [1.165, 1.54) is 30.9 Å². The summed E-state index contributed by atoms with van der Waals surface area (Å²) in [6.07, 6.45) is 2.41. The van der Waals surface area contributed by atoms with Gasteiger partial charge in [-0.25, -0.2) is 18.1 Å². The van der Waals surface area contributed by atoms with Crippen LogP contribution in [0.5, 0.6) is 5.88 Å². The zero-order chi connectivity index (χ0) is 25.4. The number of fused-ring (bicyclic) bond motifs is 1. The molecule has 1 saturated carbocycles. The van der Waals surface area contributed by atoms with Gasteiger partial charge < -0.3 is 14.6 Å². The Bertz CT molecular complexity index is 1520. The first-order chi connectivity index (χ1) is 16.6. The number of pyridine rings is 2. The molecule has 3 aromatic rings. The summed E-state index contributed by atoms with van der Waals surface area (Å²) in [5, 5.41) is 12.1. The molecule has 182 valence electrons. The lowest BCUT2D eigenvalue weighted by atomic mass is 10.1. The number of benzene rings is 1. The van der Waals surface area contributed by atoms with Gasteiger partial charge >= 0.3 is 0 Å². The lowest BCUT2D eigenvalue weighted by Crippen LogP contribution is -2.38. The van der Waals surface area contributed by atoms with Gasteiger partial charge in [-0.05, 0) is 59.6 Å². The number of hydrogen-bond donors (Lipinski definition) is 2. The van der Waals surface area contributed by atoms with E-state index >= 15 is 0 Å². The number of carbonyl (C=O) groups is 1. The molecular weight excluding hydrogens is 538 g/mol. The van der Waals surface area contributed by atoms with Crippen molar-refractivity contribution in [3.05, 3.63) is 68.0 Å². The molecule has 0 atom stereocenters. The fourth-order valence-corrected chi connectivity index (χ4v) is 5.40. The maximum atomic E-state index is 13.1. The van der Waals surface area contributed by atoms with Gasteiger partial charge in [-0.2, -0.15) is 5.26 Å². The van der Waals surface area contributed by atoms with E-state index in [1.54, 1.807) is 24.3 Å². The second-order valence-corrected chi connectivity index (χ2v) is 11.4. The van der Waals surface area contributed by atoms with Gasteiger partial charge in [-0.1, -0.05) is 12.1 Å². The molecule has 0 unspecified atom stereocenters. The summed E-state index contributed by atoms with van der Waals surface area (Å²) in [6, 6.07) is 10.2. The van der Waals surface area contributed by atoms with E-state index in [2.05, 4.69) is 31.0 Å². The number of ether oxygens (including phenoxy) is 1. The topological polar surface area (TPSA) is 143 Å². The van der Waals surface area contributed by atoms with Crippen molar-refractivity contribution in [2.75, 3.05) is 13.7 Å². The van der Waals surface area contributed by atoms with Crippen LogP contribution in [-0.4, -0.2) is 42.3 Å². The lowest BCUT2D eigenvalue weighted by Gasteiger charge is -2.18. The molecule has 2 N–H and O–H groups in total. The molecule has 0 bridgehead atoms.